The normalized spacial score (nSPS) is 9.94. The Hall–Kier alpha value is -2.88. The number of rotatable bonds is 3. The number of fused-ring (bicyclic) bond motifs is 1. The monoisotopic (exact) mass is 244 g/mol. The van der Waals surface area contributed by atoms with Gasteiger partial charge >= 0.3 is 0 Å². The van der Waals surface area contributed by atoms with Crippen molar-refractivity contribution in [2.45, 2.75) is 0 Å². The molecule has 0 atom stereocenters. The lowest BCUT2D eigenvalue weighted by Crippen LogP contribution is -2.08. The molecule has 2 rings (SSSR count). The molecule has 0 amide bonds. The van der Waals surface area contributed by atoms with Gasteiger partial charge in [0.2, 0.25) is 0 Å². The van der Waals surface area contributed by atoms with Crippen molar-refractivity contribution < 1.29 is 4.92 Å². The quantitative estimate of drug-likeness (QED) is 0.474. The molecule has 0 saturated heterocycles. The largest absolute Gasteiger partial charge is 0.369 e. The third kappa shape index (κ3) is 1.99. The van der Waals surface area contributed by atoms with Gasteiger partial charge in [0.1, 0.15) is 5.69 Å². The van der Waals surface area contributed by atoms with E-state index in [0.29, 0.717) is 5.52 Å². The fraction of sp³-hybridized carbons (Fsp3) is 0.0909. The van der Waals surface area contributed by atoms with E-state index in [1.54, 1.807) is 0 Å². The van der Waals surface area contributed by atoms with E-state index in [2.05, 4.69) is 21.2 Å². The van der Waals surface area contributed by atoms with Crippen molar-refractivity contribution in [1.29, 1.82) is 0 Å². The Kier molecular flexibility index (Phi) is 2.93. The van der Waals surface area contributed by atoms with Crippen LogP contribution in [0.2, 0.25) is 0 Å². The minimum absolute atomic E-state index is 0.148. The summed E-state index contributed by atoms with van der Waals surface area (Å²) in [4.78, 5) is 28.2. The maximum Gasteiger partial charge on any atom is 0.293 e. The Balaban J connectivity index is 2.69. The number of benzene rings is 1. The molecule has 1 aromatic heterocycles. The van der Waals surface area contributed by atoms with Crippen LogP contribution in [-0.2, 0) is 0 Å². The second-order valence-corrected chi connectivity index (χ2v) is 3.43. The van der Waals surface area contributed by atoms with Gasteiger partial charge in [-0.15, -0.1) is 6.42 Å². The van der Waals surface area contributed by atoms with Crippen molar-refractivity contribution >= 4 is 22.3 Å². The van der Waals surface area contributed by atoms with E-state index in [9.17, 15) is 14.9 Å². The van der Waals surface area contributed by atoms with E-state index >= 15 is 0 Å². The molecule has 0 aliphatic rings. The molecule has 2 aromatic rings. The molecule has 1 aromatic carbocycles. The van der Waals surface area contributed by atoms with Crippen LogP contribution in [0.5, 0.6) is 0 Å². The van der Waals surface area contributed by atoms with Crippen molar-refractivity contribution in [3.63, 3.8) is 0 Å². The number of aromatic nitrogens is 2. The minimum atomic E-state index is -0.579. The molecule has 90 valence electrons. The van der Waals surface area contributed by atoms with E-state index in [1.165, 1.54) is 18.5 Å². The predicted octanol–water partition coefficient (Wildman–Crippen LogP) is 0.876. The maximum absolute atomic E-state index is 11.5. The summed E-state index contributed by atoms with van der Waals surface area (Å²) in [5.74, 6) is 2.32. The van der Waals surface area contributed by atoms with Crippen molar-refractivity contribution in [3.8, 4) is 12.3 Å². The van der Waals surface area contributed by atoms with Crippen molar-refractivity contribution in [2.75, 3.05) is 11.9 Å². The Morgan fingerprint density at radius 1 is 1.56 bits per heavy atom. The van der Waals surface area contributed by atoms with Crippen LogP contribution in [0.4, 0.5) is 11.4 Å². The zero-order valence-corrected chi connectivity index (χ0v) is 9.14. The molecule has 7 heteroatoms. The number of aromatic amines is 1. The number of hydrogen-bond donors (Lipinski definition) is 2. The highest BCUT2D eigenvalue weighted by atomic mass is 16.6. The average Bonchev–Trinajstić information content (AvgIpc) is 2.35. The Morgan fingerprint density at radius 3 is 3.00 bits per heavy atom. The van der Waals surface area contributed by atoms with Crippen LogP contribution < -0.4 is 10.9 Å². The standard InChI is InChI=1S/C11H8N4O3/c1-2-3-12-9-5-8-7(4-10(9)15(17)18)11(16)14-6-13-8/h1,4-6,12H,3H2,(H,13,14,16). The van der Waals surface area contributed by atoms with Gasteiger partial charge < -0.3 is 10.3 Å². The third-order valence-electron chi connectivity index (χ3n) is 2.34. The van der Waals surface area contributed by atoms with Gasteiger partial charge in [0.05, 0.1) is 28.7 Å². The molecule has 0 unspecified atom stereocenters. The lowest BCUT2D eigenvalue weighted by Gasteiger charge is -2.05. The summed E-state index contributed by atoms with van der Waals surface area (Å²) in [6, 6.07) is 2.61. The number of nitrogens with zero attached hydrogens (tertiary/aromatic N) is 2. The van der Waals surface area contributed by atoms with Gasteiger partial charge in [0, 0.05) is 6.07 Å². The highest BCUT2D eigenvalue weighted by Gasteiger charge is 2.16. The molecule has 0 radical (unpaired) electrons. The summed E-state index contributed by atoms with van der Waals surface area (Å²) in [7, 11) is 0. The molecular weight excluding hydrogens is 236 g/mol. The highest BCUT2D eigenvalue weighted by molar-refractivity contribution is 5.86. The summed E-state index contributed by atoms with van der Waals surface area (Å²) < 4.78 is 0. The summed E-state index contributed by atoms with van der Waals surface area (Å²) >= 11 is 0. The fourth-order valence-electron chi connectivity index (χ4n) is 1.54. The number of nitro groups is 1. The fourth-order valence-corrected chi connectivity index (χ4v) is 1.54. The zero-order valence-electron chi connectivity index (χ0n) is 9.14. The predicted molar refractivity (Wildman–Crippen MR) is 66.3 cm³/mol. The van der Waals surface area contributed by atoms with E-state index in [1.807, 2.05) is 0 Å². The van der Waals surface area contributed by atoms with E-state index in [4.69, 9.17) is 6.42 Å². The third-order valence-corrected chi connectivity index (χ3v) is 2.34. The zero-order chi connectivity index (χ0) is 13.1. The summed E-state index contributed by atoms with van der Waals surface area (Å²) in [5.41, 5.74) is -0.0322. The van der Waals surface area contributed by atoms with Gasteiger partial charge in [0.25, 0.3) is 11.2 Å². The first-order valence-electron chi connectivity index (χ1n) is 4.96. The number of anilines is 1. The van der Waals surface area contributed by atoms with Crippen molar-refractivity contribution in [1.82, 2.24) is 9.97 Å². The van der Waals surface area contributed by atoms with Gasteiger partial charge in [-0.1, -0.05) is 5.92 Å². The Labute approximate surface area is 101 Å². The lowest BCUT2D eigenvalue weighted by molar-refractivity contribution is -0.383. The minimum Gasteiger partial charge on any atom is -0.369 e. The molecule has 0 fully saturated rings. The van der Waals surface area contributed by atoms with Gasteiger partial charge in [-0.05, 0) is 6.07 Å². The summed E-state index contributed by atoms with van der Waals surface area (Å²) in [6.45, 7) is 0.148. The first-order valence-corrected chi connectivity index (χ1v) is 4.96. The van der Waals surface area contributed by atoms with Gasteiger partial charge in [-0.3, -0.25) is 14.9 Å². The maximum atomic E-state index is 11.5. The number of hydrogen-bond acceptors (Lipinski definition) is 5. The average molecular weight is 244 g/mol. The van der Waals surface area contributed by atoms with Crippen LogP contribution in [-0.4, -0.2) is 21.4 Å². The van der Waals surface area contributed by atoms with Gasteiger partial charge in [-0.2, -0.15) is 0 Å². The number of H-pyrrole nitrogens is 1. The molecule has 0 aliphatic carbocycles. The smallest absolute Gasteiger partial charge is 0.293 e. The molecule has 1 heterocycles. The first kappa shape index (κ1) is 11.6. The topological polar surface area (TPSA) is 101 Å². The second kappa shape index (κ2) is 4.55. The molecule has 18 heavy (non-hydrogen) atoms. The molecule has 2 N–H and O–H groups in total. The molecule has 0 spiro atoms. The van der Waals surface area contributed by atoms with E-state index in [-0.39, 0.29) is 23.3 Å². The molecule has 0 bridgehead atoms. The highest BCUT2D eigenvalue weighted by Crippen LogP contribution is 2.27. The van der Waals surface area contributed by atoms with Gasteiger partial charge in [0.15, 0.2) is 0 Å². The van der Waals surface area contributed by atoms with Crippen LogP contribution >= 0.6 is 0 Å². The van der Waals surface area contributed by atoms with Crippen LogP contribution in [0.25, 0.3) is 10.9 Å². The van der Waals surface area contributed by atoms with Crippen LogP contribution in [0.15, 0.2) is 23.3 Å². The van der Waals surface area contributed by atoms with E-state index < -0.39 is 10.5 Å². The molecule has 7 nitrogen and oxygen atoms in total. The van der Waals surface area contributed by atoms with Crippen LogP contribution in [0, 0.1) is 22.5 Å². The SMILES string of the molecule is C#CCNc1cc2nc[nH]c(=O)c2cc1[N+](=O)[O-]. The molecule has 0 saturated carbocycles. The van der Waals surface area contributed by atoms with E-state index in [0.717, 1.165) is 0 Å². The Morgan fingerprint density at radius 2 is 2.33 bits per heavy atom. The molecular formula is C11H8N4O3. The Bertz CT molecular complexity index is 714. The van der Waals surface area contributed by atoms with Crippen molar-refractivity contribution in [2.24, 2.45) is 0 Å². The van der Waals surface area contributed by atoms with Crippen LogP contribution in [0.1, 0.15) is 0 Å². The lowest BCUT2D eigenvalue weighted by atomic mass is 10.2. The summed E-state index contributed by atoms with van der Waals surface area (Å²) in [6.07, 6.45) is 6.32. The first-order chi connectivity index (χ1) is 8.63. The van der Waals surface area contributed by atoms with Crippen LogP contribution in [0.3, 0.4) is 0 Å². The molecule has 0 aliphatic heterocycles. The van der Waals surface area contributed by atoms with Crippen molar-refractivity contribution in [3.05, 3.63) is 38.9 Å². The number of nitro benzene ring substituents is 1. The number of terminal acetylenes is 1. The summed E-state index contributed by atoms with van der Waals surface area (Å²) in [5, 5.41) is 13.8. The second-order valence-electron chi connectivity index (χ2n) is 3.43. The number of nitrogens with one attached hydrogen (secondary N) is 2. The van der Waals surface area contributed by atoms with Gasteiger partial charge in [-0.25, -0.2) is 4.98 Å².